The van der Waals surface area contributed by atoms with Gasteiger partial charge in [-0.15, -0.1) is 0 Å². The summed E-state index contributed by atoms with van der Waals surface area (Å²) in [6.07, 6.45) is 6.38. The van der Waals surface area contributed by atoms with Crippen molar-refractivity contribution >= 4 is 6.08 Å². The number of fused-ring (bicyclic) bond motifs is 2. The molecule has 3 atom stereocenters. The van der Waals surface area contributed by atoms with Gasteiger partial charge in [-0.25, -0.2) is 0 Å². The van der Waals surface area contributed by atoms with Crippen LogP contribution in [-0.2, 0) is 11.2 Å². The molecule has 1 aliphatic carbocycles. The number of ether oxygens (including phenoxy) is 3. The number of β-amino-alcohol motifs (C(OH)–C–C–N with tert-alkyl or cyclic N) is 1. The molecule has 3 unspecified atom stereocenters. The maximum atomic E-state index is 11.1. The maximum absolute atomic E-state index is 11.1. The van der Waals surface area contributed by atoms with Crippen molar-refractivity contribution in [2.24, 2.45) is 0 Å². The van der Waals surface area contributed by atoms with Gasteiger partial charge in [0.1, 0.15) is 19.3 Å². The van der Waals surface area contributed by atoms with Gasteiger partial charge in [-0.1, -0.05) is 25.1 Å². The van der Waals surface area contributed by atoms with Gasteiger partial charge in [0.25, 0.3) is 0 Å². The van der Waals surface area contributed by atoms with Crippen LogP contribution in [0.3, 0.4) is 0 Å². The number of aliphatic hydroxyl groups excluding tert-OH is 1. The summed E-state index contributed by atoms with van der Waals surface area (Å²) in [5, 5.41) is 11.1. The Labute approximate surface area is 201 Å². The number of nitrogens with zero attached hydrogens (tertiary/aromatic N) is 3. The summed E-state index contributed by atoms with van der Waals surface area (Å²) >= 11 is 0. The predicted molar refractivity (Wildman–Crippen MR) is 131 cm³/mol. The topological polar surface area (TPSA) is 67.3 Å². The largest absolute Gasteiger partial charge is 0.486 e. The number of hydrogen-bond donors (Lipinski definition) is 1. The fourth-order valence-electron chi connectivity index (χ4n) is 5.28. The Balaban J connectivity index is 1.13. The Morgan fingerprint density at radius 3 is 2.65 bits per heavy atom. The summed E-state index contributed by atoms with van der Waals surface area (Å²) in [7, 11) is 1.73. The Morgan fingerprint density at radius 2 is 1.85 bits per heavy atom. The Kier molecular flexibility index (Phi) is 7.15. The molecule has 5 rings (SSSR count). The van der Waals surface area contributed by atoms with Crippen molar-refractivity contribution in [2.45, 2.75) is 31.5 Å². The lowest BCUT2D eigenvalue weighted by atomic mass is 9.84. The molecule has 3 aliphatic rings. The lowest BCUT2D eigenvalue weighted by molar-refractivity contribution is 0.0692. The van der Waals surface area contributed by atoms with Gasteiger partial charge in [-0.05, 0) is 41.3 Å². The van der Waals surface area contributed by atoms with Crippen LogP contribution in [0.5, 0.6) is 11.5 Å². The second kappa shape index (κ2) is 10.4. The van der Waals surface area contributed by atoms with Gasteiger partial charge in [0.2, 0.25) is 0 Å². The zero-order valence-corrected chi connectivity index (χ0v) is 20.2. The van der Waals surface area contributed by atoms with Gasteiger partial charge < -0.3 is 24.2 Å². The van der Waals surface area contributed by atoms with Crippen molar-refractivity contribution in [1.29, 1.82) is 0 Å². The molecule has 1 saturated heterocycles. The smallest absolute Gasteiger partial charge is 0.161 e. The normalized spacial score (nSPS) is 23.5. The summed E-state index contributed by atoms with van der Waals surface area (Å²) in [5.41, 5.74) is 4.31. The van der Waals surface area contributed by atoms with E-state index in [1.54, 1.807) is 13.3 Å². The van der Waals surface area contributed by atoms with Crippen molar-refractivity contribution in [3.8, 4) is 11.5 Å². The minimum absolute atomic E-state index is 0.0143. The number of aromatic nitrogens is 1. The van der Waals surface area contributed by atoms with Crippen molar-refractivity contribution < 1.29 is 19.3 Å². The molecule has 1 aromatic carbocycles. The van der Waals surface area contributed by atoms with Gasteiger partial charge in [0.15, 0.2) is 11.5 Å². The van der Waals surface area contributed by atoms with Crippen LogP contribution in [0, 0.1) is 0 Å². The number of pyridine rings is 1. The first kappa shape index (κ1) is 23.3. The predicted octanol–water partition coefficient (Wildman–Crippen LogP) is 2.89. The molecule has 1 N–H and O–H groups in total. The van der Waals surface area contributed by atoms with Crippen LogP contribution in [0.4, 0.5) is 0 Å². The number of hydrogen-bond acceptors (Lipinski definition) is 7. The van der Waals surface area contributed by atoms with Crippen LogP contribution in [0.25, 0.3) is 6.08 Å². The minimum atomic E-state index is -0.606. The van der Waals surface area contributed by atoms with E-state index >= 15 is 0 Å². The van der Waals surface area contributed by atoms with Gasteiger partial charge in [0, 0.05) is 58.5 Å². The second-order valence-corrected chi connectivity index (χ2v) is 9.43. The van der Waals surface area contributed by atoms with Crippen LogP contribution < -0.4 is 9.47 Å². The molecule has 0 saturated carbocycles. The summed E-state index contributed by atoms with van der Waals surface area (Å²) in [6.45, 7) is 8.91. The quantitative estimate of drug-likeness (QED) is 0.674. The van der Waals surface area contributed by atoms with Crippen LogP contribution in [-0.4, -0.2) is 85.6 Å². The highest BCUT2D eigenvalue weighted by Crippen LogP contribution is 2.35. The highest BCUT2D eigenvalue weighted by Gasteiger charge is 2.29. The molecular formula is C27H35N3O4. The van der Waals surface area contributed by atoms with Crippen molar-refractivity contribution in [2.75, 3.05) is 59.6 Å². The SMILES string of the molecule is COC1C=Cc2ccnc(C(O)CN3CCN(CCc4ccc5c(c4)OCCO5)CC3)c2C1C. The zero-order chi connectivity index (χ0) is 23.5. The molecule has 182 valence electrons. The van der Waals surface area contributed by atoms with E-state index in [0.29, 0.717) is 19.8 Å². The van der Waals surface area contributed by atoms with Crippen LogP contribution in [0.1, 0.15) is 41.3 Å². The molecule has 0 amide bonds. The molecule has 0 radical (unpaired) electrons. The Hall–Kier alpha value is -2.45. The van der Waals surface area contributed by atoms with E-state index in [4.69, 9.17) is 14.2 Å². The molecule has 2 aromatic rings. The van der Waals surface area contributed by atoms with E-state index in [1.165, 1.54) is 5.56 Å². The lowest BCUT2D eigenvalue weighted by Crippen LogP contribution is -2.48. The van der Waals surface area contributed by atoms with E-state index in [-0.39, 0.29) is 12.0 Å². The van der Waals surface area contributed by atoms with Crippen molar-refractivity contribution in [3.05, 3.63) is 58.9 Å². The van der Waals surface area contributed by atoms with Gasteiger partial charge in [0.05, 0.1) is 11.8 Å². The highest BCUT2D eigenvalue weighted by molar-refractivity contribution is 5.60. The standard InChI is InChI=1S/C27H35N3O4/c1-19-23(32-2)6-4-21-7-9-28-27(26(19)21)22(31)18-30-13-11-29(12-14-30)10-8-20-3-5-24-25(17-20)34-16-15-33-24/h3-7,9,17,19,22-23,31H,8,10-16,18H2,1-2H3. The van der Waals surface area contributed by atoms with E-state index in [1.807, 2.05) is 12.1 Å². The molecule has 34 heavy (non-hydrogen) atoms. The third kappa shape index (κ3) is 4.98. The first-order valence-corrected chi connectivity index (χ1v) is 12.3. The molecule has 2 aliphatic heterocycles. The van der Waals surface area contributed by atoms with E-state index in [9.17, 15) is 5.11 Å². The summed E-state index contributed by atoms with van der Waals surface area (Å²) < 4.78 is 16.9. The molecule has 7 nitrogen and oxygen atoms in total. The van der Waals surface area contributed by atoms with Crippen molar-refractivity contribution in [3.63, 3.8) is 0 Å². The zero-order valence-electron chi connectivity index (χ0n) is 20.2. The number of aliphatic hydroxyl groups is 1. The van der Waals surface area contributed by atoms with Crippen LogP contribution in [0.15, 0.2) is 36.5 Å². The average Bonchev–Trinajstić information content (AvgIpc) is 2.88. The number of piperazine rings is 1. The van der Waals surface area contributed by atoms with Gasteiger partial charge in [-0.3, -0.25) is 9.88 Å². The van der Waals surface area contributed by atoms with Gasteiger partial charge in [-0.2, -0.15) is 0 Å². The van der Waals surface area contributed by atoms with Crippen molar-refractivity contribution in [1.82, 2.24) is 14.8 Å². The van der Waals surface area contributed by atoms with Crippen LogP contribution in [0.2, 0.25) is 0 Å². The number of benzene rings is 1. The molecule has 0 spiro atoms. The summed E-state index contributed by atoms with van der Waals surface area (Å²) in [6, 6.07) is 8.28. The fraction of sp³-hybridized carbons (Fsp3) is 0.519. The average molecular weight is 466 g/mol. The second-order valence-electron chi connectivity index (χ2n) is 9.43. The summed E-state index contributed by atoms with van der Waals surface area (Å²) in [4.78, 5) is 9.44. The number of rotatable bonds is 7. The van der Waals surface area contributed by atoms with Gasteiger partial charge >= 0.3 is 0 Å². The minimum Gasteiger partial charge on any atom is -0.486 e. The molecular weight excluding hydrogens is 430 g/mol. The third-order valence-corrected chi connectivity index (χ3v) is 7.28. The van der Waals surface area contributed by atoms with E-state index < -0.39 is 6.10 Å². The Morgan fingerprint density at radius 1 is 1.09 bits per heavy atom. The summed E-state index contributed by atoms with van der Waals surface area (Å²) in [5.74, 6) is 1.88. The first-order chi connectivity index (χ1) is 16.6. The third-order valence-electron chi connectivity index (χ3n) is 7.28. The maximum Gasteiger partial charge on any atom is 0.161 e. The first-order valence-electron chi connectivity index (χ1n) is 12.3. The fourth-order valence-corrected chi connectivity index (χ4v) is 5.28. The molecule has 1 fully saturated rings. The molecule has 7 heteroatoms. The molecule has 1 aromatic heterocycles. The number of methoxy groups -OCH3 is 1. The monoisotopic (exact) mass is 465 g/mol. The Bertz CT molecular complexity index is 1020. The van der Waals surface area contributed by atoms with E-state index in [0.717, 1.165) is 67.5 Å². The molecule has 0 bridgehead atoms. The van der Waals surface area contributed by atoms with E-state index in [2.05, 4.69) is 46.0 Å². The highest BCUT2D eigenvalue weighted by atomic mass is 16.6. The van der Waals surface area contributed by atoms with Crippen LogP contribution >= 0.6 is 0 Å². The molecule has 3 heterocycles. The lowest BCUT2D eigenvalue weighted by Gasteiger charge is -2.36.